The van der Waals surface area contributed by atoms with Crippen molar-refractivity contribution in [3.8, 4) is 0 Å². The lowest BCUT2D eigenvalue weighted by Crippen LogP contribution is -2.38. The van der Waals surface area contributed by atoms with E-state index in [2.05, 4.69) is 21.9 Å². The molecule has 0 unspecified atom stereocenters. The maximum absolute atomic E-state index is 12.5. The van der Waals surface area contributed by atoms with Gasteiger partial charge in [0.25, 0.3) is 5.91 Å². The molecule has 1 aromatic heterocycles. The van der Waals surface area contributed by atoms with Crippen LogP contribution in [0.25, 0.3) is 0 Å². The van der Waals surface area contributed by atoms with Crippen LogP contribution in [0.5, 0.6) is 0 Å². The largest absolute Gasteiger partial charge is 0.382 e. The predicted octanol–water partition coefficient (Wildman–Crippen LogP) is 3.96. The predicted molar refractivity (Wildman–Crippen MR) is 95.0 cm³/mol. The van der Waals surface area contributed by atoms with E-state index in [1.54, 1.807) is 12.3 Å². The van der Waals surface area contributed by atoms with E-state index in [0.717, 1.165) is 23.8 Å². The number of nitrogens with zero attached hydrogens (tertiary/aromatic N) is 1. The molecule has 2 rings (SSSR count). The highest BCUT2D eigenvalue weighted by Gasteiger charge is 2.23. The summed E-state index contributed by atoms with van der Waals surface area (Å²) in [6.45, 7) is 4.05. The minimum absolute atomic E-state index is 0.0695. The van der Waals surface area contributed by atoms with Crippen molar-refractivity contribution >= 4 is 35.0 Å². The van der Waals surface area contributed by atoms with Crippen molar-refractivity contribution in [1.82, 2.24) is 10.3 Å². The maximum atomic E-state index is 12.5. The van der Waals surface area contributed by atoms with E-state index in [1.165, 1.54) is 12.8 Å². The third-order valence-corrected chi connectivity index (χ3v) is 5.25. The fourth-order valence-electron chi connectivity index (χ4n) is 2.75. The topological polar surface area (TPSA) is 54.0 Å². The Kier molecular flexibility index (Phi) is 6.38. The first kappa shape index (κ1) is 17.4. The van der Waals surface area contributed by atoms with Crippen LogP contribution in [-0.2, 0) is 0 Å². The van der Waals surface area contributed by atoms with Gasteiger partial charge in [0.15, 0.2) is 0 Å². The number of amides is 1. The van der Waals surface area contributed by atoms with Crippen LogP contribution in [0.1, 0.15) is 49.9 Å². The zero-order valence-electron chi connectivity index (χ0n) is 13.4. The lowest BCUT2D eigenvalue weighted by molar-refractivity contribution is 0.0928. The van der Waals surface area contributed by atoms with Gasteiger partial charge in [0, 0.05) is 23.5 Å². The summed E-state index contributed by atoms with van der Waals surface area (Å²) in [5, 5.41) is 7.53. The number of pyridine rings is 1. The van der Waals surface area contributed by atoms with Gasteiger partial charge in [0.05, 0.1) is 11.3 Å². The summed E-state index contributed by atoms with van der Waals surface area (Å²) < 4.78 is 0. The van der Waals surface area contributed by atoms with Gasteiger partial charge in [0.2, 0.25) is 0 Å². The Bertz CT molecular complexity index is 516. The lowest BCUT2D eigenvalue weighted by atomic mass is 9.94. The van der Waals surface area contributed by atoms with Gasteiger partial charge in [0.1, 0.15) is 5.15 Å². The highest BCUT2D eigenvalue weighted by atomic mass is 35.5. The van der Waals surface area contributed by atoms with Crippen molar-refractivity contribution in [3.63, 3.8) is 0 Å². The molecule has 1 fully saturated rings. The summed E-state index contributed by atoms with van der Waals surface area (Å²) in [5.41, 5.74) is 1.30. The number of nitrogens with one attached hydrogen (secondary N) is 2. The van der Waals surface area contributed by atoms with Gasteiger partial charge in [-0.05, 0) is 51.9 Å². The van der Waals surface area contributed by atoms with Gasteiger partial charge in [-0.1, -0.05) is 11.6 Å². The van der Waals surface area contributed by atoms with Gasteiger partial charge in [-0.25, -0.2) is 4.98 Å². The Hall–Kier alpha value is -0.940. The number of aromatic nitrogens is 1. The molecule has 1 aliphatic rings. The first-order valence-corrected chi connectivity index (χ1v) is 9.42. The summed E-state index contributed by atoms with van der Waals surface area (Å²) in [4.78, 5) is 16.6. The molecule has 0 saturated heterocycles. The monoisotopic (exact) mass is 341 g/mol. The molecule has 6 heteroatoms. The molecule has 4 nitrogen and oxygen atoms in total. The van der Waals surface area contributed by atoms with Crippen LogP contribution in [0.4, 0.5) is 5.69 Å². The Morgan fingerprint density at radius 3 is 2.64 bits per heavy atom. The average Bonchev–Trinajstić information content (AvgIpc) is 2.47. The lowest BCUT2D eigenvalue weighted by Gasteiger charge is -2.28. The van der Waals surface area contributed by atoms with Crippen LogP contribution in [0.3, 0.4) is 0 Å². The molecule has 0 spiro atoms. The second-order valence-electron chi connectivity index (χ2n) is 6.03. The number of anilines is 1. The van der Waals surface area contributed by atoms with E-state index in [9.17, 15) is 4.79 Å². The zero-order valence-corrected chi connectivity index (χ0v) is 14.9. The molecule has 2 N–H and O–H groups in total. The van der Waals surface area contributed by atoms with Gasteiger partial charge >= 0.3 is 0 Å². The van der Waals surface area contributed by atoms with Gasteiger partial charge in [-0.15, -0.1) is 0 Å². The van der Waals surface area contributed by atoms with Crippen LogP contribution in [-0.4, -0.2) is 34.5 Å². The van der Waals surface area contributed by atoms with Crippen molar-refractivity contribution in [2.45, 2.75) is 56.9 Å². The first-order chi connectivity index (χ1) is 10.5. The van der Waals surface area contributed by atoms with E-state index in [0.29, 0.717) is 10.7 Å². The summed E-state index contributed by atoms with van der Waals surface area (Å²) in [7, 11) is 0. The van der Waals surface area contributed by atoms with Crippen molar-refractivity contribution < 1.29 is 4.79 Å². The summed E-state index contributed by atoms with van der Waals surface area (Å²) in [5.74, 6) is -0.0695. The highest BCUT2D eigenvalue weighted by molar-refractivity contribution is 7.99. The molecule has 1 amide bonds. The molecule has 0 aromatic carbocycles. The number of carbonyl (C=O) groups excluding carboxylic acids is 1. The standard InChI is InChI=1S/C16H24ClN3OS/c1-10(2)19-14-8-15(17)18-9-13(14)16(21)20-11-4-6-12(22-3)7-5-11/h8-12H,4-7H2,1-3H3,(H,18,19)(H,20,21). The van der Waals surface area contributed by atoms with E-state index in [-0.39, 0.29) is 18.0 Å². The second kappa shape index (κ2) is 8.06. The number of halogens is 1. The summed E-state index contributed by atoms with van der Waals surface area (Å²) in [6, 6.07) is 2.20. The van der Waals surface area contributed by atoms with Crippen LogP contribution in [0, 0.1) is 0 Å². The molecule has 1 saturated carbocycles. The van der Waals surface area contributed by atoms with Crippen molar-refractivity contribution in [3.05, 3.63) is 23.0 Å². The molecule has 0 aliphatic heterocycles. The number of hydrogen-bond donors (Lipinski definition) is 2. The highest BCUT2D eigenvalue weighted by Crippen LogP contribution is 2.27. The quantitative estimate of drug-likeness (QED) is 0.796. The summed E-state index contributed by atoms with van der Waals surface area (Å²) >= 11 is 7.87. The average molecular weight is 342 g/mol. The molecule has 1 aromatic rings. The van der Waals surface area contributed by atoms with Crippen molar-refractivity contribution in [2.24, 2.45) is 0 Å². The third-order valence-electron chi connectivity index (χ3n) is 3.90. The Balaban J connectivity index is 2.03. The third kappa shape index (κ3) is 4.78. The molecule has 0 atom stereocenters. The number of hydrogen-bond acceptors (Lipinski definition) is 4. The van der Waals surface area contributed by atoms with Crippen molar-refractivity contribution in [2.75, 3.05) is 11.6 Å². The van der Waals surface area contributed by atoms with E-state index in [4.69, 9.17) is 11.6 Å². The molecule has 1 heterocycles. The van der Waals surface area contributed by atoms with E-state index < -0.39 is 0 Å². The smallest absolute Gasteiger partial charge is 0.255 e. The van der Waals surface area contributed by atoms with Crippen LogP contribution in [0.2, 0.25) is 5.15 Å². The first-order valence-electron chi connectivity index (χ1n) is 7.75. The number of thioether (sulfide) groups is 1. The SMILES string of the molecule is CSC1CCC(NC(=O)c2cnc(Cl)cc2NC(C)C)CC1. The number of carbonyl (C=O) groups is 1. The molecular formula is C16H24ClN3OS. The molecular weight excluding hydrogens is 318 g/mol. The molecule has 1 aliphatic carbocycles. The fourth-order valence-corrected chi connectivity index (χ4v) is 3.65. The van der Waals surface area contributed by atoms with Crippen LogP contribution >= 0.6 is 23.4 Å². The van der Waals surface area contributed by atoms with Gasteiger partial charge < -0.3 is 10.6 Å². The van der Waals surface area contributed by atoms with E-state index >= 15 is 0 Å². The van der Waals surface area contributed by atoms with Gasteiger partial charge in [-0.2, -0.15) is 11.8 Å². The minimum atomic E-state index is -0.0695. The maximum Gasteiger partial charge on any atom is 0.255 e. The van der Waals surface area contributed by atoms with Crippen molar-refractivity contribution in [1.29, 1.82) is 0 Å². The summed E-state index contributed by atoms with van der Waals surface area (Å²) in [6.07, 6.45) is 8.14. The molecule has 22 heavy (non-hydrogen) atoms. The number of rotatable bonds is 5. The molecule has 0 radical (unpaired) electrons. The normalized spacial score (nSPS) is 21.7. The molecule has 122 valence electrons. The van der Waals surface area contributed by atoms with E-state index in [1.807, 2.05) is 25.6 Å². The molecule has 0 bridgehead atoms. The Labute approximate surface area is 141 Å². The Morgan fingerprint density at radius 2 is 2.05 bits per heavy atom. The fraction of sp³-hybridized carbons (Fsp3) is 0.625. The second-order valence-corrected chi connectivity index (χ2v) is 7.56. The minimum Gasteiger partial charge on any atom is -0.382 e. The van der Waals surface area contributed by atoms with Gasteiger partial charge in [-0.3, -0.25) is 4.79 Å². The zero-order chi connectivity index (χ0) is 16.1. The Morgan fingerprint density at radius 1 is 1.36 bits per heavy atom. The van der Waals surface area contributed by atoms with Crippen LogP contribution < -0.4 is 10.6 Å². The van der Waals surface area contributed by atoms with Crippen LogP contribution in [0.15, 0.2) is 12.3 Å².